The van der Waals surface area contributed by atoms with Gasteiger partial charge in [0, 0.05) is 23.7 Å². The molecule has 1 heterocycles. The summed E-state index contributed by atoms with van der Waals surface area (Å²) in [6.45, 7) is 2.58. The van der Waals surface area contributed by atoms with Crippen molar-refractivity contribution < 1.29 is 8.42 Å². The number of H-pyrrole nitrogens is 1. The molecule has 0 spiro atoms. The minimum Gasteiger partial charge on any atom is -0.310 e. The zero-order valence-electron chi connectivity index (χ0n) is 11.8. The molecule has 0 atom stereocenters. The average molecular weight is 298 g/mol. The van der Waals surface area contributed by atoms with Crippen LogP contribution in [0.1, 0.15) is 51.0 Å². The third kappa shape index (κ3) is 2.75. The highest BCUT2D eigenvalue weighted by molar-refractivity contribution is 7.89. The largest absolute Gasteiger partial charge is 0.310 e. The molecule has 20 heavy (non-hydrogen) atoms. The highest BCUT2D eigenvalue weighted by Crippen LogP contribution is 2.36. The molecule has 2 fully saturated rings. The van der Waals surface area contributed by atoms with Crippen LogP contribution in [0.15, 0.2) is 11.2 Å². The lowest BCUT2D eigenvalue weighted by molar-refractivity contribution is 0.213. The molecule has 0 amide bonds. The molecule has 0 aliphatic heterocycles. The summed E-state index contributed by atoms with van der Waals surface area (Å²) in [4.78, 5) is 0. The molecule has 1 aromatic rings. The Hall–Kier alpha value is -0.920. The van der Waals surface area contributed by atoms with Crippen LogP contribution in [-0.2, 0) is 16.6 Å². The van der Waals surface area contributed by atoms with Crippen LogP contribution < -0.4 is 10.0 Å². The molecule has 0 unspecified atom stereocenters. The van der Waals surface area contributed by atoms with Gasteiger partial charge in [0.05, 0.1) is 6.20 Å². The molecule has 3 rings (SSSR count). The van der Waals surface area contributed by atoms with Crippen LogP contribution in [0.3, 0.4) is 0 Å². The van der Waals surface area contributed by atoms with Gasteiger partial charge in [0.25, 0.3) is 10.0 Å². The first-order chi connectivity index (χ1) is 9.55. The van der Waals surface area contributed by atoms with Crippen molar-refractivity contribution in [2.24, 2.45) is 0 Å². The van der Waals surface area contributed by atoms with E-state index in [0.29, 0.717) is 12.6 Å². The summed E-state index contributed by atoms with van der Waals surface area (Å²) in [5.74, 6) is 0. The quantitative estimate of drug-likeness (QED) is 0.707. The molecule has 6 nitrogen and oxygen atoms in total. The number of aromatic amines is 1. The van der Waals surface area contributed by atoms with Crippen molar-refractivity contribution >= 4 is 10.0 Å². The smallest absolute Gasteiger partial charge is 0.258 e. The second kappa shape index (κ2) is 5.13. The summed E-state index contributed by atoms with van der Waals surface area (Å²) in [7, 11) is -3.51. The zero-order valence-corrected chi connectivity index (χ0v) is 12.6. The van der Waals surface area contributed by atoms with Gasteiger partial charge >= 0.3 is 0 Å². The van der Waals surface area contributed by atoms with Gasteiger partial charge in [-0.1, -0.05) is 6.92 Å². The van der Waals surface area contributed by atoms with Crippen molar-refractivity contribution in [1.82, 2.24) is 20.2 Å². The van der Waals surface area contributed by atoms with Gasteiger partial charge in [-0.15, -0.1) is 0 Å². The molecule has 0 saturated heterocycles. The maximum atomic E-state index is 12.5. The summed E-state index contributed by atoms with van der Waals surface area (Å²) in [5.41, 5.74) is 0.473. The summed E-state index contributed by atoms with van der Waals surface area (Å²) >= 11 is 0. The van der Waals surface area contributed by atoms with E-state index < -0.39 is 10.0 Å². The molecule has 3 N–H and O–H groups in total. The standard InChI is InChI=1S/C13H22N4O2S/c1-2-13(6-3-7-13)17-20(18,19)12-10(9-15-16-12)8-14-11-4-5-11/h9,11,14,17H,2-8H2,1H3,(H,15,16). The van der Waals surface area contributed by atoms with Crippen LogP contribution in [0.4, 0.5) is 0 Å². The van der Waals surface area contributed by atoms with Crippen molar-refractivity contribution in [2.75, 3.05) is 0 Å². The van der Waals surface area contributed by atoms with E-state index in [1.54, 1.807) is 6.20 Å². The van der Waals surface area contributed by atoms with E-state index in [1.165, 1.54) is 12.8 Å². The number of hydrogen-bond acceptors (Lipinski definition) is 4. The van der Waals surface area contributed by atoms with Gasteiger partial charge in [-0.25, -0.2) is 13.1 Å². The third-order valence-electron chi connectivity index (χ3n) is 4.44. The molecule has 112 valence electrons. The molecular weight excluding hydrogens is 276 g/mol. The normalized spacial score (nSPS) is 21.6. The molecule has 7 heteroatoms. The second-order valence-corrected chi connectivity index (χ2v) is 7.59. The van der Waals surface area contributed by atoms with E-state index in [0.717, 1.165) is 31.2 Å². The maximum Gasteiger partial charge on any atom is 0.258 e. The number of sulfonamides is 1. The minimum absolute atomic E-state index is 0.213. The predicted octanol–water partition coefficient (Wildman–Crippen LogP) is 1.27. The number of hydrogen-bond donors (Lipinski definition) is 3. The van der Waals surface area contributed by atoms with E-state index in [4.69, 9.17) is 0 Å². The lowest BCUT2D eigenvalue weighted by Crippen LogP contribution is -2.53. The zero-order chi connectivity index (χ0) is 14.2. The molecule has 2 saturated carbocycles. The SMILES string of the molecule is CCC1(NS(=O)(=O)c2[nH]ncc2CNC2CC2)CCC1. The van der Waals surface area contributed by atoms with Crippen LogP contribution in [0, 0.1) is 0 Å². The third-order valence-corrected chi connectivity index (χ3v) is 6.04. The Morgan fingerprint density at radius 3 is 2.75 bits per heavy atom. The molecule has 1 aromatic heterocycles. The summed E-state index contributed by atoms with van der Waals surface area (Å²) in [5, 5.41) is 10.1. The monoisotopic (exact) mass is 298 g/mol. The van der Waals surface area contributed by atoms with E-state index >= 15 is 0 Å². The van der Waals surface area contributed by atoms with Crippen LogP contribution in [0.2, 0.25) is 0 Å². The van der Waals surface area contributed by atoms with Gasteiger partial charge in [0.15, 0.2) is 5.03 Å². The van der Waals surface area contributed by atoms with Crippen molar-refractivity contribution in [3.8, 4) is 0 Å². The fourth-order valence-electron chi connectivity index (χ4n) is 2.67. The Morgan fingerprint density at radius 1 is 1.45 bits per heavy atom. The van der Waals surface area contributed by atoms with Gasteiger partial charge in [-0.2, -0.15) is 5.10 Å². The average Bonchev–Trinajstić information content (AvgIpc) is 3.07. The first kappa shape index (κ1) is 14.0. The van der Waals surface area contributed by atoms with Crippen LogP contribution >= 0.6 is 0 Å². The highest BCUT2D eigenvalue weighted by Gasteiger charge is 2.40. The summed E-state index contributed by atoms with van der Waals surface area (Å²) < 4.78 is 27.9. The van der Waals surface area contributed by atoms with E-state index in [1.807, 2.05) is 6.92 Å². The van der Waals surface area contributed by atoms with Crippen molar-refractivity contribution in [3.63, 3.8) is 0 Å². The van der Waals surface area contributed by atoms with Gasteiger partial charge in [-0.05, 0) is 38.5 Å². The van der Waals surface area contributed by atoms with Crippen LogP contribution in [0.5, 0.6) is 0 Å². The van der Waals surface area contributed by atoms with Crippen molar-refractivity contribution in [1.29, 1.82) is 0 Å². The molecule has 2 aliphatic rings. The summed E-state index contributed by atoms with van der Waals surface area (Å²) in [6.07, 6.45) is 7.72. The lowest BCUT2D eigenvalue weighted by Gasteiger charge is -2.41. The van der Waals surface area contributed by atoms with Crippen LogP contribution in [-0.4, -0.2) is 30.2 Å². The Labute approximate surface area is 119 Å². The number of aromatic nitrogens is 2. The van der Waals surface area contributed by atoms with Crippen molar-refractivity contribution in [2.45, 2.75) is 68.6 Å². The van der Waals surface area contributed by atoms with Gasteiger partial charge in [-0.3, -0.25) is 5.10 Å². The number of nitrogens with zero attached hydrogens (tertiary/aromatic N) is 1. The fraction of sp³-hybridized carbons (Fsp3) is 0.769. The fourth-order valence-corrected chi connectivity index (χ4v) is 4.33. The molecule has 0 bridgehead atoms. The van der Waals surface area contributed by atoms with Gasteiger partial charge in [0.2, 0.25) is 0 Å². The molecular formula is C13H22N4O2S. The summed E-state index contributed by atoms with van der Waals surface area (Å²) in [6, 6.07) is 0.544. The first-order valence-electron chi connectivity index (χ1n) is 7.34. The first-order valence-corrected chi connectivity index (χ1v) is 8.83. The Morgan fingerprint density at radius 2 is 2.20 bits per heavy atom. The maximum absolute atomic E-state index is 12.5. The highest BCUT2D eigenvalue weighted by atomic mass is 32.2. The molecule has 0 aromatic carbocycles. The van der Waals surface area contributed by atoms with E-state index in [9.17, 15) is 8.42 Å². The van der Waals surface area contributed by atoms with Gasteiger partial charge < -0.3 is 5.32 Å². The Balaban J connectivity index is 1.74. The van der Waals surface area contributed by atoms with Crippen LogP contribution in [0.25, 0.3) is 0 Å². The Kier molecular flexibility index (Phi) is 3.60. The predicted molar refractivity (Wildman–Crippen MR) is 75.6 cm³/mol. The van der Waals surface area contributed by atoms with E-state index in [-0.39, 0.29) is 10.6 Å². The molecule has 2 aliphatic carbocycles. The Bertz CT molecular complexity index is 567. The van der Waals surface area contributed by atoms with Gasteiger partial charge in [0.1, 0.15) is 0 Å². The molecule has 0 radical (unpaired) electrons. The number of nitrogens with one attached hydrogen (secondary N) is 3. The topological polar surface area (TPSA) is 86.9 Å². The van der Waals surface area contributed by atoms with E-state index in [2.05, 4.69) is 20.2 Å². The lowest BCUT2D eigenvalue weighted by atomic mass is 9.76. The number of rotatable bonds is 7. The second-order valence-electron chi connectivity index (χ2n) is 5.97. The van der Waals surface area contributed by atoms with Crippen molar-refractivity contribution in [3.05, 3.63) is 11.8 Å². The minimum atomic E-state index is -3.51.